The van der Waals surface area contributed by atoms with Crippen molar-refractivity contribution in [1.82, 2.24) is 0 Å². The predicted molar refractivity (Wildman–Crippen MR) is 131 cm³/mol. The van der Waals surface area contributed by atoms with Gasteiger partial charge in [0.25, 0.3) is 0 Å². The van der Waals surface area contributed by atoms with Crippen LogP contribution >= 0.6 is 23.4 Å². The summed E-state index contributed by atoms with van der Waals surface area (Å²) in [6.07, 6.45) is 0. The molecule has 0 heterocycles. The van der Waals surface area contributed by atoms with E-state index in [9.17, 15) is 5.11 Å². The van der Waals surface area contributed by atoms with Crippen molar-refractivity contribution in [2.45, 2.75) is 62.5 Å². The van der Waals surface area contributed by atoms with Crippen molar-refractivity contribution in [2.75, 3.05) is 0 Å². The molecule has 3 aromatic rings. The van der Waals surface area contributed by atoms with Gasteiger partial charge in [0.15, 0.2) is 0 Å². The summed E-state index contributed by atoms with van der Waals surface area (Å²) in [5.74, 6) is 0.415. The van der Waals surface area contributed by atoms with Crippen LogP contribution in [0.25, 0.3) is 0 Å². The Morgan fingerprint density at radius 1 is 0.733 bits per heavy atom. The van der Waals surface area contributed by atoms with E-state index in [1.807, 2.05) is 30.0 Å². The molecule has 3 rings (SSSR count). The summed E-state index contributed by atoms with van der Waals surface area (Å²) < 4.78 is 0. The van der Waals surface area contributed by atoms with Crippen molar-refractivity contribution in [3.05, 3.63) is 94.0 Å². The highest BCUT2D eigenvalue weighted by Gasteiger charge is 2.29. The van der Waals surface area contributed by atoms with E-state index in [0.29, 0.717) is 5.75 Å². The molecule has 1 nitrogen and oxygen atoms in total. The van der Waals surface area contributed by atoms with Crippen LogP contribution in [-0.2, 0) is 10.8 Å². The molecule has 0 fully saturated rings. The zero-order chi connectivity index (χ0) is 22.1. The number of hydrogen-bond acceptors (Lipinski definition) is 2. The maximum absolute atomic E-state index is 11.1. The van der Waals surface area contributed by atoms with Gasteiger partial charge in [-0.1, -0.05) is 95.6 Å². The second-order valence-electron chi connectivity index (χ2n) is 9.83. The molecule has 0 saturated heterocycles. The van der Waals surface area contributed by atoms with Crippen molar-refractivity contribution in [3.8, 4) is 5.75 Å². The molecular weight excluding hydrogens is 408 g/mol. The summed E-state index contributed by atoms with van der Waals surface area (Å²) in [6.45, 7) is 12.9. The zero-order valence-corrected chi connectivity index (χ0v) is 20.2. The van der Waals surface area contributed by atoms with Crippen molar-refractivity contribution in [1.29, 1.82) is 0 Å². The molecule has 0 aliphatic carbocycles. The lowest BCUT2D eigenvalue weighted by atomic mass is 9.78. The summed E-state index contributed by atoms with van der Waals surface area (Å²) in [6, 6.07) is 22.9. The Kier molecular flexibility index (Phi) is 6.60. The fourth-order valence-corrected chi connectivity index (χ4v) is 4.83. The number of halogens is 1. The number of rotatable bonds is 4. The molecular formula is C27H31ClOS. The van der Waals surface area contributed by atoms with Gasteiger partial charge in [-0.3, -0.25) is 0 Å². The van der Waals surface area contributed by atoms with Crippen LogP contribution in [0.1, 0.15) is 69.0 Å². The van der Waals surface area contributed by atoms with E-state index >= 15 is 0 Å². The second-order valence-corrected chi connectivity index (χ2v) is 11.4. The van der Waals surface area contributed by atoms with Crippen molar-refractivity contribution >= 4 is 23.4 Å². The third-order valence-corrected chi connectivity index (χ3v) is 6.80. The Hall–Kier alpha value is -1.90. The predicted octanol–water partition coefficient (Wildman–Crippen LogP) is 8.52. The maximum atomic E-state index is 11.1. The number of phenolic OH excluding ortho intramolecular Hbond substituents is 1. The minimum Gasteiger partial charge on any atom is -0.507 e. The lowest BCUT2D eigenvalue weighted by molar-refractivity contribution is 0.423. The molecule has 3 heteroatoms. The molecule has 1 atom stereocenters. The third-order valence-electron chi connectivity index (χ3n) is 5.22. The van der Waals surface area contributed by atoms with Gasteiger partial charge >= 0.3 is 0 Å². The van der Waals surface area contributed by atoms with Gasteiger partial charge in [0, 0.05) is 9.92 Å². The molecule has 3 aromatic carbocycles. The van der Waals surface area contributed by atoms with Gasteiger partial charge < -0.3 is 5.11 Å². The summed E-state index contributed by atoms with van der Waals surface area (Å²) in [4.78, 5) is 1.21. The number of phenols is 1. The Balaban J connectivity index is 2.22. The molecule has 1 N–H and O–H groups in total. The first kappa shape index (κ1) is 22.8. The second kappa shape index (κ2) is 8.69. The van der Waals surface area contributed by atoms with Gasteiger partial charge in [-0.25, -0.2) is 0 Å². The standard InChI is InChI=1S/C27H31ClOS/c1-26(2,3)22-16-19(17-23(24(22)29)27(4,5)6)25(18-12-14-20(28)15-13-18)30-21-10-8-7-9-11-21/h7-17,25,29H,1-6H3. The topological polar surface area (TPSA) is 20.2 Å². The van der Waals surface area contributed by atoms with E-state index < -0.39 is 0 Å². The Bertz CT molecular complexity index is 961. The van der Waals surface area contributed by atoms with Crippen LogP contribution in [-0.4, -0.2) is 5.11 Å². The van der Waals surface area contributed by atoms with Gasteiger partial charge in [-0.15, -0.1) is 11.8 Å². The smallest absolute Gasteiger partial charge is 0.123 e. The first-order valence-electron chi connectivity index (χ1n) is 10.3. The monoisotopic (exact) mass is 438 g/mol. The average Bonchev–Trinajstić information content (AvgIpc) is 2.66. The van der Waals surface area contributed by atoms with Crippen molar-refractivity contribution in [3.63, 3.8) is 0 Å². The molecule has 158 valence electrons. The van der Waals surface area contributed by atoms with Crippen LogP contribution in [0.15, 0.2) is 71.6 Å². The van der Waals surface area contributed by atoms with Crippen LogP contribution in [0, 0.1) is 0 Å². The molecule has 0 aromatic heterocycles. The number of benzene rings is 3. The fraction of sp³-hybridized carbons (Fsp3) is 0.333. The van der Waals surface area contributed by atoms with Gasteiger partial charge in [-0.2, -0.15) is 0 Å². The lowest BCUT2D eigenvalue weighted by Gasteiger charge is -2.30. The first-order valence-corrected chi connectivity index (χ1v) is 11.6. The van der Waals surface area contributed by atoms with E-state index in [-0.39, 0.29) is 16.1 Å². The molecule has 0 saturated carbocycles. The van der Waals surface area contributed by atoms with Crippen molar-refractivity contribution in [2.24, 2.45) is 0 Å². The van der Waals surface area contributed by atoms with Crippen LogP contribution in [0.3, 0.4) is 0 Å². The molecule has 30 heavy (non-hydrogen) atoms. The van der Waals surface area contributed by atoms with Gasteiger partial charge in [0.05, 0.1) is 5.25 Å². The summed E-state index contributed by atoms with van der Waals surface area (Å²) in [5.41, 5.74) is 4.02. The molecule has 0 aliphatic heterocycles. The third kappa shape index (κ3) is 5.22. The Morgan fingerprint density at radius 2 is 1.23 bits per heavy atom. The maximum Gasteiger partial charge on any atom is 0.123 e. The Morgan fingerprint density at radius 3 is 1.70 bits per heavy atom. The molecule has 0 bridgehead atoms. The minimum atomic E-state index is -0.165. The van der Waals surface area contributed by atoms with Crippen LogP contribution in [0.4, 0.5) is 0 Å². The molecule has 0 radical (unpaired) electrons. The van der Waals surface area contributed by atoms with E-state index in [4.69, 9.17) is 11.6 Å². The van der Waals surface area contributed by atoms with Crippen molar-refractivity contribution < 1.29 is 5.11 Å². The highest BCUT2D eigenvalue weighted by molar-refractivity contribution is 7.99. The quantitative estimate of drug-likeness (QED) is 0.412. The lowest BCUT2D eigenvalue weighted by Crippen LogP contribution is -2.18. The van der Waals surface area contributed by atoms with Crippen LogP contribution < -0.4 is 0 Å². The first-order chi connectivity index (χ1) is 14.0. The summed E-state index contributed by atoms with van der Waals surface area (Å²) >= 11 is 7.99. The van der Waals surface area contributed by atoms with Crippen LogP contribution in [0.2, 0.25) is 5.02 Å². The molecule has 0 spiro atoms. The van der Waals surface area contributed by atoms with Gasteiger partial charge in [0.1, 0.15) is 5.75 Å². The molecule has 0 amide bonds. The van der Waals surface area contributed by atoms with E-state index in [0.717, 1.165) is 16.1 Å². The Labute approximate surface area is 190 Å². The van der Waals surface area contributed by atoms with E-state index in [2.05, 4.69) is 90.1 Å². The van der Waals surface area contributed by atoms with E-state index in [1.54, 1.807) is 0 Å². The van der Waals surface area contributed by atoms with Crippen LogP contribution in [0.5, 0.6) is 5.75 Å². The number of thioether (sulfide) groups is 1. The van der Waals surface area contributed by atoms with Gasteiger partial charge in [0.2, 0.25) is 0 Å². The molecule has 0 aliphatic rings. The number of hydrogen-bond donors (Lipinski definition) is 1. The molecule has 1 unspecified atom stereocenters. The average molecular weight is 439 g/mol. The number of aromatic hydroxyl groups is 1. The zero-order valence-electron chi connectivity index (χ0n) is 18.7. The SMILES string of the molecule is CC(C)(C)c1cc(C(Sc2ccccc2)c2ccc(Cl)cc2)cc(C(C)(C)C)c1O. The fourth-order valence-electron chi connectivity index (χ4n) is 3.55. The largest absolute Gasteiger partial charge is 0.507 e. The highest BCUT2D eigenvalue weighted by atomic mass is 35.5. The minimum absolute atomic E-state index is 0.0902. The highest BCUT2D eigenvalue weighted by Crippen LogP contribution is 2.46. The summed E-state index contributed by atoms with van der Waals surface area (Å²) in [5, 5.41) is 12.0. The van der Waals surface area contributed by atoms with Gasteiger partial charge in [-0.05, 0) is 57.3 Å². The normalized spacial score (nSPS) is 13.3. The van der Waals surface area contributed by atoms with E-state index in [1.165, 1.54) is 16.0 Å². The summed E-state index contributed by atoms with van der Waals surface area (Å²) in [7, 11) is 0.